The second-order valence-corrected chi connectivity index (χ2v) is 4.55. The number of aliphatic hydroxyl groups excluding tert-OH is 1. The smallest absolute Gasteiger partial charge is 0.158 e. The lowest BCUT2D eigenvalue weighted by atomic mass is 10.3. The van der Waals surface area contributed by atoms with Crippen LogP contribution in [-0.2, 0) is 0 Å². The number of anilines is 1. The highest BCUT2D eigenvalue weighted by Crippen LogP contribution is 2.16. The molecule has 7 heteroatoms. The fraction of sp³-hybridized carbons (Fsp3) is 0.583. The van der Waals surface area contributed by atoms with E-state index in [2.05, 4.69) is 19.8 Å². The van der Waals surface area contributed by atoms with E-state index in [0.29, 0.717) is 18.1 Å². The van der Waals surface area contributed by atoms with Crippen molar-refractivity contribution >= 4 is 11.7 Å². The predicted octanol–water partition coefficient (Wildman–Crippen LogP) is -0.735. The minimum atomic E-state index is -0.0560. The Morgan fingerprint density at radius 2 is 2.05 bits per heavy atom. The van der Waals surface area contributed by atoms with E-state index in [0.717, 1.165) is 32.6 Å². The fourth-order valence-electron chi connectivity index (χ4n) is 2.30. The molecule has 0 saturated carbocycles. The van der Waals surface area contributed by atoms with Crippen LogP contribution >= 0.6 is 0 Å². The van der Waals surface area contributed by atoms with Gasteiger partial charge in [-0.05, 0) is 13.0 Å². The molecule has 0 bridgehead atoms. The van der Waals surface area contributed by atoms with E-state index in [9.17, 15) is 0 Å². The molecule has 1 aliphatic heterocycles. The van der Waals surface area contributed by atoms with Gasteiger partial charge in [0, 0.05) is 38.6 Å². The maximum Gasteiger partial charge on any atom is 0.158 e. The summed E-state index contributed by atoms with van der Waals surface area (Å²) in [5.41, 5.74) is 5.99. The molecule has 1 aromatic rings. The summed E-state index contributed by atoms with van der Waals surface area (Å²) in [6.45, 7) is 4.39. The third kappa shape index (κ3) is 3.39. The topological polar surface area (TPSA) is 102 Å². The molecular formula is C12H20N6O. The maximum absolute atomic E-state index is 8.99. The minimum absolute atomic E-state index is 0.0560. The molecule has 19 heavy (non-hydrogen) atoms. The molecule has 2 rings (SSSR count). The van der Waals surface area contributed by atoms with Crippen LogP contribution in [0.4, 0.5) is 5.82 Å². The second kappa shape index (κ2) is 6.44. The van der Waals surface area contributed by atoms with Gasteiger partial charge in [0.1, 0.15) is 11.5 Å². The highest BCUT2D eigenvalue weighted by Gasteiger charge is 2.19. The fourth-order valence-corrected chi connectivity index (χ4v) is 2.30. The Bertz CT molecular complexity index is 438. The van der Waals surface area contributed by atoms with E-state index in [-0.39, 0.29) is 12.4 Å². The summed E-state index contributed by atoms with van der Waals surface area (Å²) in [6.07, 6.45) is 4.17. The molecule has 0 aliphatic carbocycles. The lowest BCUT2D eigenvalue weighted by Gasteiger charge is -2.23. The van der Waals surface area contributed by atoms with Crippen LogP contribution in [0, 0.1) is 5.41 Å². The molecular weight excluding hydrogens is 244 g/mol. The largest absolute Gasteiger partial charge is 0.395 e. The van der Waals surface area contributed by atoms with Gasteiger partial charge in [0.15, 0.2) is 5.82 Å². The molecule has 104 valence electrons. The quantitative estimate of drug-likeness (QED) is 0.489. The average molecular weight is 264 g/mol. The van der Waals surface area contributed by atoms with E-state index in [4.69, 9.17) is 16.2 Å². The van der Waals surface area contributed by atoms with Gasteiger partial charge >= 0.3 is 0 Å². The Labute approximate surface area is 112 Å². The number of nitrogen functional groups attached to an aromatic ring is 1. The van der Waals surface area contributed by atoms with Gasteiger partial charge in [-0.1, -0.05) is 0 Å². The first kappa shape index (κ1) is 13.7. The van der Waals surface area contributed by atoms with E-state index < -0.39 is 0 Å². The molecule has 0 spiro atoms. The van der Waals surface area contributed by atoms with Crippen LogP contribution in [0.2, 0.25) is 0 Å². The molecule has 0 aromatic carbocycles. The highest BCUT2D eigenvalue weighted by atomic mass is 16.3. The summed E-state index contributed by atoms with van der Waals surface area (Å²) < 4.78 is 0. The zero-order chi connectivity index (χ0) is 13.7. The molecule has 2 heterocycles. The van der Waals surface area contributed by atoms with Gasteiger partial charge < -0.3 is 15.7 Å². The first-order valence-electron chi connectivity index (χ1n) is 6.46. The van der Waals surface area contributed by atoms with E-state index >= 15 is 0 Å². The van der Waals surface area contributed by atoms with E-state index in [1.807, 2.05) is 0 Å². The van der Waals surface area contributed by atoms with Crippen LogP contribution in [0.3, 0.4) is 0 Å². The van der Waals surface area contributed by atoms with Crippen molar-refractivity contribution in [1.82, 2.24) is 14.9 Å². The predicted molar refractivity (Wildman–Crippen MR) is 73.4 cm³/mol. The summed E-state index contributed by atoms with van der Waals surface area (Å²) >= 11 is 0. The number of β-amino-alcohol motifs (C(OH)–C–C–N with tert-alkyl or cyclic N) is 1. The van der Waals surface area contributed by atoms with Gasteiger partial charge in [0.05, 0.1) is 6.61 Å². The molecule has 1 aromatic heterocycles. The Morgan fingerprint density at radius 1 is 1.26 bits per heavy atom. The number of aromatic nitrogens is 2. The molecule has 1 aliphatic rings. The van der Waals surface area contributed by atoms with Crippen molar-refractivity contribution in [3.05, 3.63) is 18.1 Å². The van der Waals surface area contributed by atoms with Crippen LogP contribution in [0.15, 0.2) is 12.4 Å². The highest BCUT2D eigenvalue weighted by molar-refractivity contribution is 5.97. The van der Waals surface area contributed by atoms with Crippen LogP contribution in [0.5, 0.6) is 0 Å². The Balaban J connectivity index is 2.12. The van der Waals surface area contributed by atoms with Crippen molar-refractivity contribution in [2.45, 2.75) is 6.42 Å². The number of aliphatic hydroxyl groups is 1. The third-order valence-corrected chi connectivity index (χ3v) is 3.24. The SMILES string of the molecule is N=C(N)c1nccnc1N1CCCN(CCO)CC1. The molecule has 0 radical (unpaired) electrons. The molecule has 0 unspecified atom stereocenters. The van der Waals surface area contributed by atoms with Crippen LogP contribution < -0.4 is 10.6 Å². The first-order valence-corrected chi connectivity index (χ1v) is 6.46. The van der Waals surface area contributed by atoms with Crippen LogP contribution in [0.1, 0.15) is 12.1 Å². The van der Waals surface area contributed by atoms with Crippen molar-refractivity contribution in [2.24, 2.45) is 5.73 Å². The zero-order valence-electron chi connectivity index (χ0n) is 10.9. The van der Waals surface area contributed by atoms with Crippen LogP contribution in [0.25, 0.3) is 0 Å². The lowest BCUT2D eigenvalue weighted by molar-refractivity contribution is 0.204. The number of nitrogens with one attached hydrogen (secondary N) is 1. The summed E-state index contributed by atoms with van der Waals surface area (Å²) in [6, 6.07) is 0. The average Bonchev–Trinajstić information content (AvgIpc) is 2.65. The second-order valence-electron chi connectivity index (χ2n) is 4.55. The standard InChI is InChI=1S/C12H20N6O/c13-11(14)10-12(16-3-2-15-10)18-5-1-4-17(6-7-18)8-9-19/h2-3,19H,1,4-9H2,(H3,13,14). The summed E-state index contributed by atoms with van der Waals surface area (Å²) in [5, 5.41) is 16.5. The molecule has 7 nitrogen and oxygen atoms in total. The van der Waals surface area contributed by atoms with Crippen LogP contribution in [-0.4, -0.2) is 65.1 Å². The third-order valence-electron chi connectivity index (χ3n) is 3.24. The summed E-state index contributed by atoms with van der Waals surface area (Å²) in [5.74, 6) is 0.625. The van der Waals surface area contributed by atoms with E-state index in [1.54, 1.807) is 12.4 Å². The number of nitrogens with zero attached hydrogens (tertiary/aromatic N) is 4. The van der Waals surface area contributed by atoms with Crippen molar-refractivity contribution in [3.63, 3.8) is 0 Å². The lowest BCUT2D eigenvalue weighted by Crippen LogP contribution is -2.34. The van der Waals surface area contributed by atoms with Crippen molar-refractivity contribution in [3.8, 4) is 0 Å². The summed E-state index contributed by atoms with van der Waals surface area (Å²) in [4.78, 5) is 12.8. The van der Waals surface area contributed by atoms with Gasteiger partial charge in [-0.15, -0.1) is 0 Å². The molecule has 1 fully saturated rings. The maximum atomic E-state index is 8.99. The van der Waals surface area contributed by atoms with Gasteiger partial charge in [-0.2, -0.15) is 0 Å². The number of nitrogens with two attached hydrogens (primary N) is 1. The van der Waals surface area contributed by atoms with Gasteiger partial charge in [-0.25, -0.2) is 9.97 Å². The zero-order valence-corrected chi connectivity index (χ0v) is 10.9. The van der Waals surface area contributed by atoms with Gasteiger partial charge in [-0.3, -0.25) is 10.3 Å². The van der Waals surface area contributed by atoms with E-state index in [1.165, 1.54) is 0 Å². The molecule has 0 atom stereocenters. The Kier molecular flexibility index (Phi) is 4.64. The van der Waals surface area contributed by atoms with Gasteiger partial charge in [0.25, 0.3) is 0 Å². The van der Waals surface area contributed by atoms with Crippen molar-refractivity contribution in [1.29, 1.82) is 5.41 Å². The number of hydrogen-bond donors (Lipinski definition) is 3. The van der Waals surface area contributed by atoms with Crippen molar-refractivity contribution < 1.29 is 5.11 Å². The Morgan fingerprint density at radius 3 is 2.79 bits per heavy atom. The first-order chi connectivity index (χ1) is 9.22. The number of hydrogen-bond acceptors (Lipinski definition) is 6. The number of amidine groups is 1. The normalized spacial score (nSPS) is 17.2. The summed E-state index contributed by atoms with van der Waals surface area (Å²) in [7, 11) is 0. The Hall–Kier alpha value is -1.73. The monoisotopic (exact) mass is 264 g/mol. The molecule has 4 N–H and O–H groups in total. The van der Waals surface area contributed by atoms with Crippen molar-refractivity contribution in [2.75, 3.05) is 44.2 Å². The van der Waals surface area contributed by atoms with Gasteiger partial charge in [0.2, 0.25) is 0 Å². The molecule has 0 amide bonds. The molecule has 1 saturated heterocycles. The minimum Gasteiger partial charge on any atom is -0.395 e. The number of rotatable bonds is 4.